The highest BCUT2D eigenvalue weighted by molar-refractivity contribution is 5.76. The van der Waals surface area contributed by atoms with E-state index >= 15 is 0 Å². The van der Waals surface area contributed by atoms with Crippen LogP contribution in [0.25, 0.3) is 0 Å². The highest BCUT2D eigenvalue weighted by atomic mass is 19.4. The first kappa shape index (κ1) is 28.4. The summed E-state index contributed by atoms with van der Waals surface area (Å²) >= 11 is 0. The Morgan fingerprint density at radius 3 is 2.23 bits per heavy atom. The van der Waals surface area contributed by atoms with Crippen molar-refractivity contribution in [2.75, 3.05) is 50.7 Å². The SMILES string of the molecule is CCN(Cc1cc(N2CC3CN(C(C)=O)CC3C2)cc(C(F)(F)F)c1)C1(C)CCN(C(=O)n2ccc(C)n2)CC1. The van der Waals surface area contributed by atoms with E-state index in [1.165, 1.54) is 16.8 Å². The summed E-state index contributed by atoms with van der Waals surface area (Å²) < 4.78 is 43.3. The molecule has 4 heterocycles. The maximum absolute atomic E-state index is 14.0. The lowest BCUT2D eigenvalue weighted by Crippen LogP contribution is -2.54. The normalized spacial score (nSPS) is 22.8. The van der Waals surface area contributed by atoms with Crippen LogP contribution in [0.3, 0.4) is 0 Å². The van der Waals surface area contributed by atoms with Gasteiger partial charge in [-0.2, -0.15) is 23.0 Å². The van der Waals surface area contributed by atoms with Gasteiger partial charge in [-0.3, -0.25) is 9.69 Å². The number of alkyl halides is 3. The van der Waals surface area contributed by atoms with Crippen molar-refractivity contribution >= 4 is 17.6 Å². The van der Waals surface area contributed by atoms with Gasteiger partial charge in [-0.05, 0) is 63.1 Å². The molecule has 0 spiro atoms. The van der Waals surface area contributed by atoms with Crippen LogP contribution in [0.15, 0.2) is 30.5 Å². The zero-order valence-corrected chi connectivity index (χ0v) is 23.7. The van der Waals surface area contributed by atoms with Crippen LogP contribution in [-0.2, 0) is 17.5 Å². The minimum Gasteiger partial charge on any atom is -0.371 e. The second kappa shape index (κ2) is 10.7. The Hall–Kier alpha value is -3.08. The molecule has 218 valence electrons. The van der Waals surface area contributed by atoms with Gasteiger partial charge in [-0.25, -0.2) is 4.79 Å². The maximum atomic E-state index is 14.0. The molecule has 0 saturated carbocycles. The van der Waals surface area contributed by atoms with Gasteiger partial charge in [0.1, 0.15) is 0 Å². The van der Waals surface area contributed by atoms with Gasteiger partial charge in [0.15, 0.2) is 0 Å². The van der Waals surface area contributed by atoms with Crippen LogP contribution in [0.1, 0.15) is 50.4 Å². The van der Waals surface area contributed by atoms with E-state index in [0.717, 1.165) is 18.5 Å². The largest absolute Gasteiger partial charge is 0.416 e. The van der Waals surface area contributed by atoms with Gasteiger partial charge in [0.25, 0.3) is 0 Å². The van der Waals surface area contributed by atoms with Gasteiger partial charge < -0.3 is 14.7 Å². The highest BCUT2D eigenvalue weighted by Gasteiger charge is 2.42. The number of carbonyl (C=O) groups is 2. The molecule has 2 amide bonds. The molecule has 0 radical (unpaired) electrons. The number of aromatic nitrogens is 2. The summed E-state index contributed by atoms with van der Waals surface area (Å²) in [6.45, 7) is 12.4. The first-order valence-corrected chi connectivity index (χ1v) is 14.1. The van der Waals surface area contributed by atoms with Gasteiger partial charge >= 0.3 is 12.2 Å². The number of nitrogens with zero attached hydrogens (tertiary/aromatic N) is 6. The molecule has 2 atom stereocenters. The number of piperidine rings is 1. The molecule has 3 saturated heterocycles. The lowest BCUT2D eigenvalue weighted by molar-refractivity contribution is -0.137. The molecular weight excluding hydrogens is 521 g/mol. The van der Waals surface area contributed by atoms with Crippen LogP contribution < -0.4 is 4.90 Å². The summed E-state index contributed by atoms with van der Waals surface area (Å²) in [5.41, 5.74) is 1.15. The van der Waals surface area contributed by atoms with Crippen LogP contribution in [-0.4, -0.2) is 87.8 Å². The third kappa shape index (κ3) is 5.70. The topological polar surface area (TPSA) is 64.9 Å². The molecule has 2 aromatic rings. The maximum Gasteiger partial charge on any atom is 0.416 e. The zero-order chi connectivity index (χ0) is 28.8. The van der Waals surface area contributed by atoms with E-state index in [-0.39, 0.29) is 29.3 Å². The summed E-state index contributed by atoms with van der Waals surface area (Å²) in [6.07, 6.45) is -1.33. The standard InChI is InChI=1S/C29H39F3N6O2/c1-5-37(28(4)7-10-34(11-8-28)27(40)38-9-6-20(2)33-38)15-22-12-25(29(30,31)32)14-26(13-22)36-18-23-16-35(21(3)39)17-24(23)19-36/h6,9,12-14,23-24H,5,7-8,10-11,15-19H2,1-4H3. The smallest absolute Gasteiger partial charge is 0.371 e. The van der Waals surface area contributed by atoms with Crippen molar-refractivity contribution in [3.63, 3.8) is 0 Å². The number of benzene rings is 1. The number of carbonyl (C=O) groups excluding carboxylic acids is 2. The predicted octanol–water partition coefficient (Wildman–Crippen LogP) is 4.47. The molecule has 5 rings (SSSR count). The van der Waals surface area contributed by atoms with Crippen molar-refractivity contribution in [2.24, 2.45) is 11.8 Å². The van der Waals surface area contributed by atoms with E-state index in [0.29, 0.717) is 63.6 Å². The van der Waals surface area contributed by atoms with Crippen LogP contribution in [0.4, 0.5) is 23.7 Å². The Morgan fingerprint density at radius 1 is 1.05 bits per heavy atom. The summed E-state index contributed by atoms with van der Waals surface area (Å²) in [4.78, 5) is 32.6. The van der Waals surface area contributed by atoms with Crippen molar-refractivity contribution in [1.82, 2.24) is 24.5 Å². The number of halogens is 3. The molecule has 40 heavy (non-hydrogen) atoms. The second-order valence-corrected chi connectivity index (χ2v) is 11.9. The van der Waals surface area contributed by atoms with Gasteiger partial charge in [0, 0.05) is 82.0 Å². The number of hydrogen-bond acceptors (Lipinski definition) is 5. The Bertz CT molecular complexity index is 1240. The van der Waals surface area contributed by atoms with E-state index < -0.39 is 11.7 Å². The molecule has 1 aromatic carbocycles. The minimum atomic E-state index is -4.44. The van der Waals surface area contributed by atoms with Gasteiger partial charge in [-0.15, -0.1) is 0 Å². The Balaban J connectivity index is 1.30. The fraction of sp³-hybridized carbons (Fsp3) is 0.621. The lowest BCUT2D eigenvalue weighted by atomic mass is 9.87. The summed E-state index contributed by atoms with van der Waals surface area (Å²) in [5.74, 6) is 0.625. The van der Waals surface area contributed by atoms with E-state index in [2.05, 4.69) is 21.8 Å². The van der Waals surface area contributed by atoms with Crippen molar-refractivity contribution in [3.8, 4) is 0 Å². The number of aryl methyl sites for hydroxylation is 1. The van der Waals surface area contributed by atoms with Crippen LogP contribution in [0.2, 0.25) is 0 Å². The molecule has 11 heteroatoms. The van der Waals surface area contributed by atoms with Crippen molar-refractivity contribution in [3.05, 3.63) is 47.3 Å². The number of fused-ring (bicyclic) bond motifs is 1. The molecule has 2 unspecified atom stereocenters. The minimum absolute atomic E-state index is 0.0575. The Morgan fingerprint density at radius 2 is 1.70 bits per heavy atom. The summed E-state index contributed by atoms with van der Waals surface area (Å²) in [6, 6.07) is 6.10. The van der Waals surface area contributed by atoms with Crippen LogP contribution in [0.5, 0.6) is 0 Å². The quantitative estimate of drug-likeness (QED) is 0.540. The first-order valence-electron chi connectivity index (χ1n) is 14.1. The molecule has 1 aromatic heterocycles. The molecular formula is C29H39F3N6O2. The van der Waals surface area contributed by atoms with E-state index in [4.69, 9.17) is 0 Å². The fourth-order valence-electron chi connectivity index (χ4n) is 6.64. The van der Waals surface area contributed by atoms with Crippen molar-refractivity contribution < 1.29 is 22.8 Å². The fourth-order valence-corrected chi connectivity index (χ4v) is 6.64. The molecule has 0 aliphatic carbocycles. The number of rotatable bonds is 5. The number of anilines is 1. The number of hydrogen-bond donors (Lipinski definition) is 0. The van der Waals surface area contributed by atoms with Crippen LogP contribution in [0, 0.1) is 18.8 Å². The second-order valence-electron chi connectivity index (χ2n) is 11.9. The molecule has 0 bridgehead atoms. The van der Waals surface area contributed by atoms with E-state index in [1.54, 1.807) is 24.1 Å². The average Bonchev–Trinajstić information content (AvgIpc) is 3.62. The van der Waals surface area contributed by atoms with Crippen molar-refractivity contribution in [2.45, 2.75) is 58.8 Å². The third-order valence-corrected chi connectivity index (χ3v) is 9.15. The Kier molecular flexibility index (Phi) is 7.62. The van der Waals surface area contributed by atoms with Gasteiger partial charge in [0.05, 0.1) is 11.3 Å². The number of likely N-dealkylation sites (tertiary alicyclic amines) is 2. The number of amides is 2. The van der Waals surface area contributed by atoms with Gasteiger partial charge in [0.2, 0.25) is 5.91 Å². The summed E-state index contributed by atoms with van der Waals surface area (Å²) in [7, 11) is 0. The molecule has 8 nitrogen and oxygen atoms in total. The molecule has 3 aliphatic rings. The van der Waals surface area contributed by atoms with Crippen LogP contribution >= 0.6 is 0 Å². The third-order valence-electron chi connectivity index (χ3n) is 9.15. The molecule has 3 fully saturated rings. The lowest BCUT2D eigenvalue weighted by Gasteiger charge is -2.46. The molecule has 0 N–H and O–H groups in total. The predicted molar refractivity (Wildman–Crippen MR) is 146 cm³/mol. The van der Waals surface area contributed by atoms with Crippen molar-refractivity contribution in [1.29, 1.82) is 0 Å². The summed E-state index contributed by atoms with van der Waals surface area (Å²) in [5, 5.41) is 4.23. The monoisotopic (exact) mass is 560 g/mol. The van der Waals surface area contributed by atoms with E-state index in [1.807, 2.05) is 24.8 Å². The first-order chi connectivity index (χ1) is 18.9. The molecule has 3 aliphatic heterocycles. The highest BCUT2D eigenvalue weighted by Crippen LogP contribution is 2.39. The Labute approximate surface area is 233 Å². The van der Waals surface area contributed by atoms with Gasteiger partial charge in [-0.1, -0.05) is 6.92 Å². The average molecular weight is 561 g/mol. The zero-order valence-electron chi connectivity index (χ0n) is 23.7. The van der Waals surface area contributed by atoms with E-state index in [9.17, 15) is 22.8 Å².